The summed E-state index contributed by atoms with van der Waals surface area (Å²) < 4.78 is 5.96. The molecule has 2 aromatic carbocycles. The molecule has 7 heteroatoms. The topological polar surface area (TPSA) is 85.9 Å². The number of amides is 2. The quantitative estimate of drug-likeness (QED) is 0.325. The number of unbranched alkanes of at least 4 members (excludes halogenated alkanes) is 1. The molecule has 0 saturated carbocycles. The van der Waals surface area contributed by atoms with E-state index in [9.17, 15) is 14.7 Å². The summed E-state index contributed by atoms with van der Waals surface area (Å²) in [6.45, 7) is 2.98. The fourth-order valence-corrected chi connectivity index (χ4v) is 4.66. The van der Waals surface area contributed by atoms with Gasteiger partial charge >= 0.3 is 0 Å². The van der Waals surface area contributed by atoms with E-state index in [0.29, 0.717) is 37.1 Å². The van der Waals surface area contributed by atoms with Crippen molar-refractivity contribution in [1.29, 1.82) is 0 Å². The van der Waals surface area contributed by atoms with Crippen molar-refractivity contribution in [1.82, 2.24) is 14.8 Å². The number of ether oxygens (including phenoxy) is 1. The smallest absolute Gasteiger partial charge is 0.261 e. The number of aromatic nitrogens is 1. The zero-order chi connectivity index (χ0) is 24.2. The van der Waals surface area contributed by atoms with E-state index in [-0.39, 0.29) is 17.9 Å². The molecule has 180 valence electrons. The predicted molar refractivity (Wildman–Crippen MR) is 132 cm³/mol. The van der Waals surface area contributed by atoms with Crippen molar-refractivity contribution >= 4 is 22.7 Å². The molecule has 34 heavy (non-hydrogen) atoms. The van der Waals surface area contributed by atoms with Gasteiger partial charge in [-0.05, 0) is 63.7 Å². The van der Waals surface area contributed by atoms with E-state index < -0.39 is 6.10 Å². The number of aliphatic hydroxyl groups excluding tert-OH is 1. The van der Waals surface area contributed by atoms with Crippen LogP contribution < -0.4 is 4.74 Å². The van der Waals surface area contributed by atoms with Crippen molar-refractivity contribution < 1.29 is 19.4 Å². The highest BCUT2D eigenvalue weighted by molar-refractivity contribution is 6.21. The zero-order valence-electron chi connectivity index (χ0n) is 20.1. The Bertz CT molecular complexity index is 1130. The number of nitrogens with one attached hydrogen (secondary N) is 1. The Morgan fingerprint density at radius 2 is 1.76 bits per heavy atom. The molecule has 1 aliphatic heterocycles. The monoisotopic (exact) mass is 463 g/mol. The Kier molecular flexibility index (Phi) is 7.34. The fraction of sp³-hybridized carbons (Fsp3) is 0.407. The van der Waals surface area contributed by atoms with Crippen molar-refractivity contribution in [2.45, 2.75) is 44.8 Å². The van der Waals surface area contributed by atoms with Crippen LogP contribution in [0.2, 0.25) is 0 Å². The molecule has 1 aliphatic rings. The lowest BCUT2D eigenvalue weighted by Crippen LogP contribution is -2.33. The number of rotatable bonds is 11. The first-order valence-electron chi connectivity index (χ1n) is 12.0. The van der Waals surface area contributed by atoms with Crippen LogP contribution >= 0.6 is 0 Å². The van der Waals surface area contributed by atoms with Crippen molar-refractivity contribution in [2.24, 2.45) is 0 Å². The molecule has 2 atom stereocenters. The van der Waals surface area contributed by atoms with Gasteiger partial charge in [0.1, 0.15) is 5.75 Å². The van der Waals surface area contributed by atoms with E-state index in [2.05, 4.69) is 16.8 Å². The van der Waals surface area contributed by atoms with Crippen LogP contribution in [0.5, 0.6) is 5.75 Å². The summed E-state index contributed by atoms with van der Waals surface area (Å²) in [5, 5.41) is 12.0. The van der Waals surface area contributed by atoms with Crippen LogP contribution in [-0.2, 0) is 0 Å². The minimum absolute atomic E-state index is 0.0377. The van der Waals surface area contributed by atoms with E-state index in [1.165, 1.54) is 4.90 Å². The maximum atomic E-state index is 12.5. The Balaban J connectivity index is 1.33. The lowest BCUT2D eigenvalue weighted by Gasteiger charge is -2.28. The molecule has 4 rings (SSSR count). The number of hydrogen-bond acceptors (Lipinski definition) is 5. The molecule has 0 bridgehead atoms. The second-order valence-electron chi connectivity index (χ2n) is 9.08. The Labute approximate surface area is 200 Å². The highest BCUT2D eigenvalue weighted by Crippen LogP contribution is 2.32. The van der Waals surface area contributed by atoms with Crippen molar-refractivity contribution in [2.75, 3.05) is 27.2 Å². The molecule has 0 saturated heterocycles. The number of hydrogen-bond donors (Lipinski definition) is 2. The summed E-state index contributed by atoms with van der Waals surface area (Å²) in [6.07, 6.45) is 4.57. The molecular formula is C27H33N3O4. The van der Waals surface area contributed by atoms with Gasteiger partial charge in [0.25, 0.3) is 11.8 Å². The first-order valence-corrected chi connectivity index (χ1v) is 12.0. The van der Waals surface area contributed by atoms with E-state index >= 15 is 0 Å². The highest BCUT2D eigenvalue weighted by Gasteiger charge is 2.34. The number of likely N-dealkylation sites (N-methyl/N-ethyl adjacent to an activating group) is 1. The van der Waals surface area contributed by atoms with Crippen molar-refractivity contribution in [3.05, 3.63) is 65.4 Å². The molecule has 0 fully saturated rings. The van der Waals surface area contributed by atoms with Gasteiger partial charge in [-0.25, -0.2) is 0 Å². The Hall–Kier alpha value is -3.16. The minimum Gasteiger partial charge on any atom is -0.494 e. The van der Waals surface area contributed by atoms with E-state index in [4.69, 9.17) is 4.74 Å². The summed E-state index contributed by atoms with van der Waals surface area (Å²) in [4.78, 5) is 31.6. The van der Waals surface area contributed by atoms with Crippen molar-refractivity contribution in [3.8, 4) is 5.75 Å². The molecule has 3 aromatic rings. The molecule has 2 amide bonds. The molecule has 7 nitrogen and oxygen atoms in total. The average molecular weight is 464 g/mol. The van der Waals surface area contributed by atoms with E-state index in [1.54, 1.807) is 24.3 Å². The highest BCUT2D eigenvalue weighted by atomic mass is 16.5. The summed E-state index contributed by atoms with van der Waals surface area (Å²) in [6, 6.07) is 12.8. The standard InChI is InChI=1S/C27H33N3O4/c1-4-9-24(29(2)3)25(31)22-17-28-23-13-12-18(16-21(22)23)34-15-8-7-14-30-26(32)19-10-5-6-11-20(19)27(30)33/h5-6,10-13,16-17,24-25,28,31H,4,7-9,14-15H2,1-3H3. The first kappa shape index (κ1) is 24.0. The molecule has 2 N–H and O–H groups in total. The maximum Gasteiger partial charge on any atom is 0.261 e. The molecular weight excluding hydrogens is 430 g/mol. The number of carbonyl (C=O) groups excluding carboxylic acids is 2. The van der Waals surface area contributed by atoms with E-state index in [1.807, 2.05) is 38.5 Å². The third kappa shape index (κ3) is 4.72. The SMILES string of the molecule is CCCC(C(O)c1c[nH]c2ccc(OCCCCN3C(=O)c4ccccc4C3=O)cc12)N(C)C. The third-order valence-electron chi connectivity index (χ3n) is 6.54. The van der Waals surface area contributed by atoms with Crippen LogP contribution in [0, 0.1) is 0 Å². The minimum atomic E-state index is -0.599. The molecule has 2 unspecified atom stereocenters. The molecule has 0 aliphatic carbocycles. The number of H-pyrrole nitrogens is 1. The molecule has 0 spiro atoms. The number of benzene rings is 2. The lowest BCUT2D eigenvalue weighted by atomic mass is 9.97. The molecule has 2 heterocycles. The third-order valence-corrected chi connectivity index (χ3v) is 6.54. The fourth-order valence-electron chi connectivity index (χ4n) is 4.66. The van der Waals surface area contributed by atoms with Gasteiger partial charge in [0.2, 0.25) is 0 Å². The van der Waals surface area contributed by atoms with Gasteiger partial charge in [-0.1, -0.05) is 25.5 Å². The van der Waals surface area contributed by atoms with Gasteiger partial charge in [-0.3, -0.25) is 14.5 Å². The lowest BCUT2D eigenvalue weighted by molar-refractivity contribution is 0.0649. The first-order chi connectivity index (χ1) is 16.4. The normalized spacial score (nSPS) is 15.3. The van der Waals surface area contributed by atoms with Gasteiger partial charge in [-0.2, -0.15) is 0 Å². The van der Waals surface area contributed by atoms with Crippen molar-refractivity contribution in [3.63, 3.8) is 0 Å². The van der Waals surface area contributed by atoms with Crippen LogP contribution in [0.4, 0.5) is 0 Å². The number of nitrogens with zero attached hydrogens (tertiary/aromatic N) is 2. The predicted octanol–water partition coefficient (Wildman–Crippen LogP) is 4.39. The second kappa shape index (κ2) is 10.4. The number of aromatic amines is 1. The van der Waals surface area contributed by atoms with Crippen LogP contribution in [0.1, 0.15) is 65.0 Å². The van der Waals surface area contributed by atoms with Gasteiger partial charge in [-0.15, -0.1) is 0 Å². The van der Waals surface area contributed by atoms with Crippen LogP contribution in [0.25, 0.3) is 10.9 Å². The van der Waals surface area contributed by atoms with Gasteiger partial charge < -0.3 is 19.7 Å². The van der Waals surface area contributed by atoms with E-state index in [0.717, 1.165) is 35.1 Å². The number of fused-ring (bicyclic) bond motifs is 2. The second-order valence-corrected chi connectivity index (χ2v) is 9.08. The van der Waals surface area contributed by atoms with Gasteiger partial charge in [0, 0.05) is 35.2 Å². The number of carbonyl (C=O) groups is 2. The number of aliphatic hydroxyl groups is 1. The van der Waals surface area contributed by atoms with Crippen LogP contribution in [0.15, 0.2) is 48.7 Å². The molecule has 0 radical (unpaired) electrons. The van der Waals surface area contributed by atoms with Gasteiger partial charge in [0.05, 0.1) is 23.8 Å². The molecule has 1 aromatic heterocycles. The summed E-state index contributed by atoms with van der Waals surface area (Å²) >= 11 is 0. The van der Waals surface area contributed by atoms with Gasteiger partial charge in [0.15, 0.2) is 0 Å². The zero-order valence-corrected chi connectivity index (χ0v) is 20.1. The Morgan fingerprint density at radius 1 is 1.06 bits per heavy atom. The maximum absolute atomic E-state index is 12.5. The largest absolute Gasteiger partial charge is 0.494 e. The Morgan fingerprint density at radius 3 is 2.41 bits per heavy atom. The summed E-state index contributed by atoms with van der Waals surface area (Å²) in [5.41, 5.74) is 2.80. The number of imide groups is 1. The van der Waals surface area contributed by atoms with Crippen LogP contribution in [0.3, 0.4) is 0 Å². The summed E-state index contributed by atoms with van der Waals surface area (Å²) in [7, 11) is 3.99. The van der Waals surface area contributed by atoms with Crippen LogP contribution in [-0.4, -0.2) is 65.0 Å². The summed E-state index contributed by atoms with van der Waals surface area (Å²) in [5.74, 6) is 0.299. The average Bonchev–Trinajstić information content (AvgIpc) is 3.36.